The van der Waals surface area contributed by atoms with Crippen molar-refractivity contribution in [3.8, 4) is 0 Å². The summed E-state index contributed by atoms with van der Waals surface area (Å²) < 4.78 is 69.0. The van der Waals surface area contributed by atoms with Gasteiger partial charge in [-0.25, -0.2) is 0 Å². The molecule has 1 aromatic rings. The molecule has 2 atom stereocenters. The first-order valence-corrected chi connectivity index (χ1v) is 7.93. The Morgan fingerprint density at radius 3 is 2.41 bits per heavy atom. The van der Waals surface area contributed by atoms with E-state index in [1.165, 1.54) is 6.92 Å². The third-order valence-corrected chi connectivity index (χ3v) is 4.44. The molecule has 0 aliphatic carbocycles. The Kier molecular flexibility index (Phi) is 4.53. The number of rotatable bonds is 3. The first-order valence-electron chi connectivity index (χ1n) is 6.52. The number of hydrogen-bond donors (Lipinski definition) is 0. The van der Waals surface area contributed by atoms with Crippen molar-refractivity contribution in [3.63, 3.8) is 0 Å². The van der Waals surface area contributed by atoms with Crippen molar-refractivity contribution < 1.29 is 30.5 Å². The van der Waals surface area contributed by atoms with Crippen LogP contribution in [0.3, 0.4) is 0 Å². The maximum atomic E-state index is 12.4. The molecular weight excluding hydrogens is 321 g/mol. The van der Waals surface area contributed by atoms with E-state index in [1.54, 1.807) is 6.92 Å². The van der Waals surface area contributed by atoms with Gasteiger partial charge >= 0.3 is 15.6 Å². The lowest BCUT2D eigenvalue weighted by Crippen LogP contribution is -2.25. The zero-order chi connectivity index (χ0) is 16.5. The Morgan fingerprint density at radius 2 is 1.86 bits per heavy atom. The molecule has 1 aromatic carbocycles. The SMILES string of the molecule is CC(OS(=O)(=O)C(F)(F)F)=C1C[C@@H](c2ccccc2)O[C@H]1C. The summed E-state index contributed by atoms with van der Waals surface area (Å²) in [5.41, 5.74) is -4.17. The molecule has 0 saturated carbocycles. The second kappa shape index (κ2) is 5.92. The Labute approximate surface area is 126 Å². The Bertz CT molecular complexity index is 665. The van der Waals surface area contributed by atoms with Crippen LogP contribution in [0.1, 0.15) is 31.9 Å². The average Bonchev–Trinajstić information content (AvgIpc) is 2.80. The molecule has 8 heteroatoms. The minimum absolute atomic E-state index is 0.282. The highest BCUT2D eigenvalue weighted by Gasteiger charge is 2.49. The number of ether oxygens (including phenoxy) is 1. The molecule has 0 aromatic heterocycles. The van der Waals surface area contributed by atoms with Gasteiger partial charge in [-0.05, 0) is 19.4 Å². The van der Waals surface area contributed by atoms with Crippen molar-refractivity contribution in [2.45, 2.75) is 38.0 Å². The standard InChI is InChI=1S/C14H15F3O4S/c1-9-12(10(2)21-22(18,19)14(15,16)17)8-13(20-9)11-6-4-3-5-7-11/h3-7,9,13H,8H2,1-2H3/t9-,13-/m0/s1. The van der Waals surface area contributed by atoms with Gasteiger partial charge in [-0.1, -0.05) is 30.3 Å². The molecule has 2 rings (SSSR count). The highest BCUT2D eigenvalue weighted by atomic mass is 32.2. The zero-order valence-corrected chi connectivity index (χ0v) is 12.7. The fourth-order valence-corrected chi connectivity index (χ4v) is 2.83. The fourth-order valence-electron chi connectivity index (χ4n) is 2.30. The molecule has 0 spiro atoms. The van der Waals surface area contributed by atoms with Gasteiger partial charge in [-0.2, -0.15) is 21.6 Å². The third-order valence-electron chi connectivity index (χ3n) is 3.41. The Balaban J connectivity index is 2.22. The highest BCUT2D eigenvalue weighted by Crippen LogP contribution is 2.39. The summed E-state index contributed by atoms with van der Waals surface area (Å²) in [7, 11) is -5.65. The Morgan fingerprint density at radius 1 is 1.27 bits per heavy atom. The molecule has 0 amide bonds. The van der Waals surface area contributed by atoms with Crippen molar-refractivity contribution in [1.82, 2.24) is 0 Å². The maximum absolute atomic E-state index is 12.4. The summed E-state index contributed by atoms with van der Waals surface area (Å²) in [5, 5.41) is 0. The van der Waals surface area contributed by atoms with E-state index in [9.17, 15) is 21.6 Å². The molecule has 0 radical (unpaired) electrons. The second-order valence-electron chi connectivity index (χ2n) is 4.95. The normalized spacial score (nSPS) is 25.1. The van der Waals surface area contributed by atoms with Crippen LogP contribution in [0.2, 0.25) is 0 Å². The summed E-state index contributed by atoms with van der Waals surface area (Å²) >= 11 is 0. The van der Waals surface area contributed by atoms with Crippen molar-refractivity contribution in [1.29, 1.82) is 0 Å². The largest absolute Gasteiger partial charge is 0.534 e. The first-order chi connectivity index (χ1) is 10.1. The van der Waals surface area contributed by atoms with Gasteiger partial charge in [0.25, 0.3) is 0 Å². The van der Waals surface area contributed by atoms with Gasteiger partial charge in [-0.15, -0.1) is 0 Å². The van der Waals surface area contributed by atoms with Gasteiger partial charge in [0, 0.05) is 12.0 Å². The van der Waals surface area contributed by atoms with Crippen LogP contribution in [-0.2, 0) is 19.0 Å². The molecule has 4 nitrogen and oxygen atoms in total. The molecule has 1 aliphatic rings. The van der Waals surface area contributed by atoms with Gasteiger partial charge in [0.2, 0.25) is 0 Å². The predicted molar refractivity (Wildman–Crippen MR) is 73.1 cm³/mol. The van der Waals surface area contributed by atoms with E-state index in [1.807, 2.05) is 30.3 Å². The summed E-state index contributed by atoms with van der Waals surface area (Å²) in [4.78, 5) is 0. The van der Waals surface area contributed by atoms with E-state index >= 15 is 0 Å². The van der Waals surface area contributed by atoms with Gasteiger partial charge in [-0.3, -0.25) is 0 Å². The van der Waals surface area contributed by atoms with E-state index in [4.69, 9.17) is 4.74 Å². The predicted octanol–water partition coefficient (Wildman–Crippen LogP) is 3.68. The second-order valence-corrected chi connectivity index (χ2v) is 6.48. The topological polar surface area (TPSA) is 52.6 Å². The lowest BCUT2D eigenvalue weighted by molar-refractivity contribution is -0.0522. The van der Waals surface area contributed by atoms with Gasteiger partial charge in [0.15, 0.2) is 0 Å². The highest BCUT2D eigenvalue weighted by molar-refractivity contribution is 7.87. The molecule has 1 heterocycles. The summed E-state index contributed by atoms with van der Waals surface area (Å²) in [6.45, 7) is 2.84. The number of halogens is 3. The van der Waals surface area contributed by atoms with Crippen LogP contribution in [0.25, 0.3) is 0 Å². The lowest BCUT2D eigenvalue weighted by atomic mass is 10.0. The number of alkyl halides is 3. The number of benzene rings is 1. The average molecular weight is 336 g/mol. The minimum atomic E-state index is -5.65. The summed E-state index contributed by atoms with van der Waals surface area (Å²) in [6, 6.07) is 9.15. The van der Waals surface area contributed by atoms with Crippen LogP contribution >= 0.6 is 0 Å². The molecular formula is C14H15F3O4S. The van der Waals surface area contributed by atoms with E-state index in [-0.39, 0.29) is 18.3 Å². The van der Waals surface area contributed by atoms with Crippen LogP contribution in [0.5, 0.6) is 0 Å². The fraction of sp³-hybridized carbons (Fsp3) is 0.429. The van der Waals surface area contributed by atoms with Crippen LogP contribution in [0.15, 0.2) is 41.7 Å². The van der Waals surface area contributed by atoms with Crippen LogP contribution in [0, 0.1) is 0 Å². The van der Waals surface area contributed by atoms with E-state index in [0.717, 1.165) is 5.56 Å². The van der Waals surface area contributed by atoms with E-state index in [0.29, 0.717) is 5.57 Å². The molecule has 0 unspecified atom stereocenters. The molecule has 0 N–H and O–H groups in total. The quantitative estimate of drug-likeness (QED) is 0.480. The van der Waals surface area contributed by atoms with Crippen LogP contribution in [0.4, 0.5) is 13.2 Å². The number of hydrogen-bond acceptors (Lipinski definition) is 4. The summed E-state index contributed by atoms with van der Waals surface area (Å²) in [6.07, 6.45) is -0.573. The van der Waals surface area contributed by atoms with Crippen molar-refractivity contribution in [2.24, 2.45) is 0 Å². The maximum Gasteiger partial charge on any atom is 0.534 e. The molecule has 1 aliphatic heterocycles. The van der Waals surface area contributed by atoms with Gasteiger partial charge in [0.05, 0.1) is 12.2 Å². The van der Waals surface area contributed by atoms with Crippen LogP contribution in [-0.4, -0.2) is 20.0 Å². The van der Waals surface area contributed by atoms with Crippen LogP contribution < -0.4 is 0 Å². The first kappa shape index (κ1) is 16.8. The molecule has 22 heavy (non-hydrogen) atoms. The molecule has 0 bridgehead atoms. The number of allylic oxidation sites excluding steroid dienone is 1. The Hall–Kier alpha value is -1.54. The van der Waals surface area contributed by atoms with Gasteiger partial charge in [0.1, 0.15) is 5.76 Å². The van der Waals surface area contributed by atoms with Crippen molar-refractivity contribution >= 4 is 10.1 Å². The lowest BCUT2D eigenvalue weighted by Gasteiger charge is -2.13. The third kappa shape index (κ3) is 3.44. The van der Waals surface area contributed by atoms with Gasteiger partial charge < -0.3 is 8.92 Å². The van der Waals surface area contributed by atoms with Crippen molar-refractivity contribution in [3.05, 3.63) is 47.2 Å². The monoisotopic (exact) mass is 336 g/mol. The van der Waals surface area contributed by atoms with E-state index in [2.05, 4.69) is 4.18 Å². The smallest absolute Gasteiger partial charge is 0.381 e. The molecule has 1 saturated heterocycles. The zero-order valence-electron chi connectivity index (χ0n) is 11.9. The molecule has 122 valence electrons. The minimum Gasteiger partial charge on any atom is -0.381 e. The molecule has 1 fully saturated rings. The summed E-state index contributed by atoms with van der Waals surface area (Å²) in [5.74, 6) is -0.289. The van der Waals surface area contributed by atoms with E-state index < -0.39 is 21.7 Å². The van der Waals surface area contributed by atoms with Crippen molar-refractivity contribution in [2.75, 3.05) is 0 Å².